The molecule has 0 aliphatic rings. The van der Waals surface area contributed by atoms with E-state index in [1.54, 1.807) is 26.8 Å². The Kier molecular flexibility index (Phi) is 7.67. The maximum atomic E-state index is 11.7. The second-order valence-electron chi connectivity index (χ2n) is 6.06. The van der Waals surface area contributed by atoms with Crippen LogP contribution in [0.3, 0.4) is 0 Å². The lowest BCUT2D eigenvalue weighted by atomic mass is 10.2. The molecule has 0 saturated heterocycles. The summed E-state index contributed by atoms with van der Waals surface area (Å²) in [4.78, 5) is 11.7. The van der Waals surface area contributed by atoms with Crippen molar-refractivity contribution in [2.75, 3.05) is 6.61 Å². The lowest BCUT2D eigenvalue weighted by molar-refractivity contribution is -0.0332. The maximum Gasteiger partial charge on any atom is 0.509 e. The Hall–Kier alpha value is -1.81. The van der Waals surface area contributed by atoms with Crippen LogP contribution >= 0.6 is 0 Å². The molecule has 0 aliphatic heterocycles. The van der Waals surface area contributed by atoms with Crippen LogP contribution in [0.2, 0.25) is 0 Å². The first-order valence-corrected chi connectivity index (χ1v) is 7.53. The van der Waals surface area contributed by atoms with E-state index in [-0.39, 0.29) is 6.10 Å². The van der Waals surface area contributed by atoms with Gasteiger partial charge in [-0.3, -0.25) is 0 Å². The summed E-state index contributed by atoms with van der Waals surface area (Å²) in [6.07, 6.45) is 1.99. The van der Waals surface area contributed by atoms with Gasteiger partial charge in [-0.15, -0.1) is 6.58 Å². The summed E-state index contributed by atoms with van der Waals surface area (Å²) in [6.45, 7) is 10.2. The number of carbonyl (C=O) groups excluding carboxylic acids is 1. The van der Waals surface area contributed by atoms with E-state index in [2.05, 4.69) is 6.58 Å². The predicted octanol–water partition coefficient (Wildman–Crippen LogP) is 4.49. The normalized spacial score (nSPS) is 12.5. The molecule has 0 radical (unpaired) electrons. The Morgan fingerprint density at radius 3 is 2.55 bits per heavy atom. The van der Waals surface area contributed by atoms with Crippen molar-refractivity contribution in [1.82, 2.24) is 0 Å². The first-order chi connectivity index (χ1) is 10.4. The van der Waals surface area contributed by atoms with Crippen LogP contribution in [0.4, 0.5) is 4.79 Å². The summed E-state index contributed by atoms with van der Waals surface area (Å²) in [7, 11) is 0. The van der Waals surface area contributed by atoms with Gasteiger partial charge in [0.15, 0.2) is 0 Å². The van der Waals surface area contributed by atoms with E-state index < -0.39 is 11.8 Å². The van der Waals surface area contributed by atoms with Crippen molar-refractivity contribution in [3.63, 3.8) is 0 Å². The molecule has 0 unspecified atom stereocenters. The maximum absolute atomic E-state index is 11.7. The van der Waals surface area contributed by atoms with Crippen molar-refractivity contribution in [1.29, 1.82) is 0 Å². The summed E-state index contributed by atoms with van der Waals surface area (Å²) in [6, 6.07) is 9.95. The van der Waals surface area contributed by atoms with Gasteiger partial charge in [-0.05, 0) is 26.3 Å². The Morgan fingerprint density at radius 1 is 1.27 bits per heavy atom. The second kappa shape index (κ2) is 9.26. The smallest absolute Gasteiger partial charge is 0.431 e. The van der Waals surface area contributed by atoms with Crippen LogP contribution < -0.4 is 0 Å². The molecule has 0 aromatic heterocycles. The molecule has 0 bridgehead atoms. The number of hydrogen-bond donors (Lipinski definition) is 0. The molecular weight excluding hydrogens is 280 g/mol. The molecule has 1 rings (SSSR count). The van der Waals surface area contributed by atoms with Crippen LogP contribution in [-0.4, -0.2) is 24.5 Å². The van der Waals surface area contributed by atoms with E-state index in [9.17, 15) is 4.79 Å². The van der Waals surface area contributed by atoms with Gasteiger partial charge in [0.05, 0.1) is 13.2 Å². The zero-order valence-electron chi connectivity index (χ0n) is 13.7. The van der Waals surface area contributed by atoms with Gasteiger partial charge in [-0.2, -0.15) is 0 Å². The van der Waals surface area contributed by atoms with Crippen molar-refractivity contribution in [3.05, 3.63) is 48.6 Å². The lowest BCUT2D eigenvalue weighted by Gasteiger charge is -2.22. The van der Waals surface area contributed by atoms with E-state index in [0.29, 0.717) is 26.1 Å². The zero-order chi connectivity index (χ0) is 16.4. The highest BCUT2D eigenvalue weighted by atomic mass is 16.7. The van der Waals surface area contributed by atoms with Crippen molar-refractivity contribution in [3.8, 4) is 0 Å². The Labute approximate surface area is 133 Å². The summed E-state index contributed by atoms with van der Waals surface area (Å²) in [5.74, 6) is 0. The minimum atomic E-state index is -0.651. The number of rotatable bonds is 8. The number of carbonyl (C=O) groups is 1. The third-order valence-corrected chi connectivity index (χ3v) is 2.78. The lowest BCUT2D eigenvalue weighted by Crippen LogP contribution is -2.28. The molecule has 0 spiro atoms. The fourth-order valence-corrected chi connectivity index (χ4v) is 1.80. The zero-order valence-corrected chi connectivity index (χ0v) is 13.7. The molecule has 0 heterocycles. The minimum Gasteiger partial charge on any atom is -0.431 e. The van der Waals surface area contributed by atoms with Crippen LogP contribution in [-0.2, 0) is 20.8 Å². The van der Waals surface area contributed by atoms with Crippen LogP contribution in [0.15, 0.2) is 43.0 Å². The van der Waals surface area contributed by atoms with E-state index in [1.165, 1.54) is 0 Å². The van der Waals surface area contributed by atoms with Crippen molar-refractivity contribution < 1.29 is 19.0 Å². The summed E-state index contributed by atoms with van der Waals surface area (Å²) in [5, 5.41) is 0. The fourth-order valence-electron chi connectivity index (χ4n) is 1.80. The van der Waals surface area contributed by atoms with Gasteiger partial charge in [0.1, 0.15) is 11.7 Å². The molecule has 22 heavy (non-hydrogen) atoms. The summed E-state index contributed by atoms with van der Waals surface area (Å²) < 4.78 is 16.1. The Morgan fingerprint density at radius 2 is 1.95 bits per heavy atom. The quantitative estimate of drug-likeness (QED) is 0.403. The van der Waals surface area contributed by atoms with Crippen molar-refractivity contribution in [2.24, 2.45) is 0 Å². The van der Waals surface area contributed by atoms with Crippen LogP contribution in [0.5, 0.6) is 0 Å². The van der Waals surface area contributed by atoms with Crippen LogP contribution in [0, 0.1) is 0 Å². The number of hydrogen-bond acceptors (Lipinski definition) is 4. The summed E-state index contributed by atoms with van der Waals surface area (Å²) in [5.41, 5.74) is 0.565. The molecule has 1 aromatic rings. The van der Waals surface area contributed by atoms with E-state index in [4.69, 9.17) is 14.2 Å². The second-order valence-corrected chi connectivity index (χ2v) is 6.06. The molecule has 4 heteroatoms. The third kappa shape index (κ3) is 8.47. The topological polar surface area (TPSA) is 44.8 Å². The molecular formula is C18H26O4. The molecule has 0 saturated carbocycles. The molecule has 0 aliphatic carbocycles. The first kappa shape index (κ1) is 18.2. The van der Waals surface area contributed by atoms with Gasteiger partial charge in [0.25, 0.3) is 0 Å². The highest BCUT2D eigenvalue weighted by Crippen LogP contribution is 2.13. The Bertz CT molecular complexity index is 448. The van der Waals surface area contributed by atoms with Crippen molar-refractivity contribution in [2.45, 2.75) is 51.9 Å². The highest BCUT2D eigenvalue weighted by molar-refractivity contribution is 5.60. The minimum absolute atomic E-state index is 0.275. The molecule has 0 amide bonds. The number of benzene rings is 1. The van der Waals surface area contributed by atoms with Gasteiger partial charge in [0, 0.05) is 12.8 Å². The average molecular weight is 306 g/mol. The van der Waals surface area contributed by atoms with Gasteiger partial charge in [-0.1, -0.05) is 36.4 Å². The average Bonchev–Trinajstić information content (AvgIpc) is 2.42. The van der Waals surface area contributed by atoms with Gasteiger partial charge < -0.3 is 14.2 Å². The predicted molar refractivity (Wildman–Crippen MR) is 86.6 cm³/mol. The molecule has 1 atom stereocenters. The Balaban J connectivity index is 2.31. The van der Waals surface area contributed by atoms with E-state index >= 15 is 0 Å². The molecule has 0 fully saturated rings. The van der Waals surface area contributed by atoms with Crippen LogP contribution in [0.25, 0.3) is 0 Å². The largest absolute Gasteiger partial charge is 0.509 e. The number of ether oxygens (including phenoxy) is 3. The van der Waals surface area contributed by atoms with E-state index in [0.717, 1.165) is 5.56 Å². The molecule has 0 N–H and O–H groups in total. The standard InChI is InChI=1S/C18H26O4/c1-5-9-16(21-17(19)22-18(2,3)4)12-13-20-14-15-10-7-6-8-11-15/h5-8,10-11,16H,1,9,12-14H2,2-4H3/t16-/m1/s1. The first-order valence-electron chi connectivity index (χ1n) is 7.53. The fraction of sp³-hybridized carbons (Fsp3) is 0.500. The van der Waals surface area contributed by atoms with Gasteiger partial charge in [0.2, 0.25) is 0 Å². The van der Waals surface area contributed by atoms with Gasteiger partial charge in [-0.25, -0.2) is 4.79 Å². The van der Waals surface area contributed by atoms with E-state index in [1.807, 2.05) is 30.3 Å². The molecule has 122 valence electrons. The summed E-state index contributed by atoms with van der Waals surface area (Å²) >= 11 is 0. The monoisotopic (exact) mass is 306 g/mol. The van der Waals surface area contributed by atoms with Crippen molar-refractivity contribution >= 4 is 6.16 Å². The highest BCUT2D eigenvalue weighted by Gasteiger charge is 2.20. The SMILES string of the molecule is C=CC[C@H](CCOCc1ccccc1)OC(=O)OC(C)(C)C. The van der Waals surface area contributed by atoms with Crippen LogP contribution in [0.1, 0.15) is 39.2 Å². The molecule has 4 nitrogen and oxygen atoms in total. The molecule has 1 aromatic carbocycles. The third-order valence-electron chi connectivity index (χ3n) is 2.78. The van der Waals surface area contributed by atoms with Gasteiger partial charge >= 0.3 is 6.16 Å².